The van der Waals surface area contributed by atoms with E-state index in [1.807, 2.05) is 17.5 Å². The standard InChI is InChI=1S/C16H21N3O6/c1-9(13(21)18-16(24)17-2)25-12(20)7-8-19-14(22)10-5-3-4-6-11(10)15(19)23/h3-4,9-11H,5-8H2,1-2H3,(H2,17,18,21,24)/t9-,10-,11+/m1/s1. The lowest BCUT2D eigenvalue weighted by molar-refractivity contribution is -0.155. The van der Waals surface area contributed by atoms with Gasteiger partial charge in [0.25, 0.3) is 5.91 Å². The van der Waals surface area contributed by atoms with Crippen molar-refractivity contribution in [1.29, 1.82) is 0 Å². The number of likely N-dealkylation sites (tertiary alicyclic amines) is 1. The van der Waals surface area contributed by atoms with Gasteiger partial charge in [-0.05, 0) is 19.8 Å². The van der Waals surface area contributed by atoms with Crippen molar-refractivity contribution in [2.75, 3.05) is 13.6 Å². The van der Waals surface area contributed by atoms with E-state index < -0.39 is 24.0 Å². The van der Waals surface area contributed by atoms with Gasteiger partial charge in [0, 0.05) is 13.6 Å². The molecule has 2 aliphatic rings. The summed E-state index contributed by atoms with van der Waals surface area (Å²) in [5, 5.41) is 4.19. The fourth-order valence-corrected chi connectivity index (χ4v) is 2.88. The fraction of sp³-hybridized carbons (Fsp3) is 0.562. The van der Waals surface area contributed by atoms with Crippen molar-refractivity contribution in [2.45, 2.75) is 32.3 Å². The fourth-order valence-electron chi connectivity index (χ4n) is 2.88. The molecule has 2 N–H and O–H groups in total. The van der Waals surface area contributed by atoms with E-state index in [-0.39, 0.29) is 36.6 Å². The van der Waals surface area contributed by atoms with Gasteiger partial charge in [0.2, 0.25) is 11.8 Å². The van der Waals surface area contributed by atoms with Gasteiger partial charge in [-0.25, -0.2) is 4.79 Å². The number of urea groups is 1. The van der Waals surface area contributed by atoms with E-state index in [4.69, 9.17) is 4.74 Å². The number of carbonyl (C=O) groups excluding carboxylic acids is 5. The Labute approximate surface area is 144 Å². The first kappa shape index (κ1) is 18.6. The highest BCUT2D eigenvalue weighted by Crippen LogP contribution is 2.34. The third kappa shape index (κ3) is 4.23. The van der Waals surface area contributed by atoms with Crippen molar-refractivity contribution in [3.8, 4) is 0 Å². The minimum absolute atomic E-state index is 0.0761. The zero-order valence-electron chi connectivity index (χ0n) is 14.1. The van der Waals surface area contributed by atoms with E-state index in [1.165, 1.54) is 14.0 Å². The Kier molecular flexibility index (Phi) is 5.89. The zero-order chi connectivity index (χ0) is 18.6. The van der Waals surface area contributed by atoms with Crippen molar-refractivity contribution < 1.29 is 28.7 Å². The first-order valence-corrected chi connectivity index (χ1v) is 8.07. The average molecular weight is 351 g/mol. The number of carbonyl (C=O) groups is 5. The molecule has 136 valence electrons. The van der Waals surface area contributed by atoms with E-state index in [1.54, 1.807) is 0 Å². The van der Waals surface area contributed by atoms with Crippen molar-refractivity contribution in [2.24, 2.45) is 11.8 Å². The van der Waals surface area contributed by atoms with E-state index in [0.717, 1.165) is 4.90 Å². The zero-order valence-corrected chi connectivity index (χ0v) is 14.1. The lowest BCUT2D eigenvalue weighted by Gasteiger charge is -2.16. The van der Waals surface area contributed by atoms with Crippen LogP contribution in [0.15, 0.2) is 12.2 Å². The SMILES string of the molecule is CNC(=O)NC(=O)[C@@H](C)OC(=O)CCN1C(=O)[C@H]2CC=CC[C@H]2C1=O. The quantitative estimate of drug-likeness (QED) is 0.399. The second-order valence-electron chi connectivity index (χ2n) is 5.93. The summed E-state index contributed by atoms with van der Waals surface area (Å²) in [6, 6.07) is -0.711. The molecule has 1 fully saturated rings. The van der Waals surface area contributed by atoms with Crippen LogP contribution in [-0.2, 0) is 23.9 Å². The van der Waals surface area contributed by atoms with Crippen LogP contribution in [0, 0.1) is 11.8 Å². The monoisotopic (exact) mass is 351 g/mol. The number of hydrogen-bond acceptors (Lipinski definition) is 6. The molecule has 0 radical (unpaired) electrons. The smallest absolute Gasteiger partial charge is 0.321 e. The summed E-state index contributed by atoms with van der Waals surface area (Å²) >= 11 is 0. The van der Waals surface area contributed by atoms with Crippen molar-refractivity contribution in [3.05, 3.63) is 12.2 Å². The molecule has 2 rings (SSSR count). The van der Waals surface area contributed by atoms with Gasteiger partial charge in [0.1, 0.15) is 0 Å². The summed E-state index contributed by atoms with van der Waals surface area (Å²) in [4.78, 5) is 60.1. The van der Waals surface area contributed by atoms with Crippen LogP contribution in [0.3, 0.4) is 0 Å². The van der Waals surface area contributed by atoms with Crippen LogP contribution in [0.2, 0.25) is 0 Å². The van der Waals surface area contributed by atoms with Gasteiger partial charge in [0.05, 0.1) is 18.3 Å². The molecule has 1 aliphatic carbocycles. The van der Waals surface area contributed by atoms with Gasteiger partial charge >= 0.3 is 12.0 Å². The lowest BCUT2D eigenvalue weighted by atomic mass is 9.85. The Morgan fingerprint density at radius 2 is 1.76 bits per heavy atom. The minimum Gasteiger partial charge on any atom is -0.452 e. The molecule has 1 heterocycles. The molecule has 1 aliphatic heterocycles. The number of amides is 5. The van der Waals surface area contributed by atoms with Crippen LogP contribution in [0.1, 0.15) is 26.2 Å². The Bertz CT molecular complexity index is 603. The van der Waals surface area contributed by atoms with Gasteiger partial charge in [-0.3, -0.25) is 29.4 Å². The normalized spacial score (nSPS) is 23.0. The lowest BCUT2D eigenvalue weighted by Crippen LogP contribution is -2.43. The van der Waals surface area contributed by atoms with Crippen molar-refractivity contribution >= 4 is 29.7 Å². The molecule has 0 aromatic carbocycles. The Morgan fingerprint density at radius 1 is 1.20 bits per heavy atom. The molecule has 25 heavy (non-hydrogen) atoms. The van der Waals surface area contributed by atoms with Crippen LogP contribution in [-0.4, -0.2) is 54.3 Å². The molecule has 0 aromatic rings. The number of nitrogens with one attached hydrogen (secondary N) is 2. The summed E-state index contributed by atoms with van der Waals surface area (Å²) in [5.74, 6) is -2.71. The molecule has 0 bridgehead atoms. The van der Waals surface area contributed by atoms with E-state index >= 15 is 0 Å². The minimum atomic E-state index is -1.17. The maximum absolute atomic E-state index is 12.3. The highest BCUT2D eigenvalue weighted by Gasteiger charge is 2.47. The average Bonchev–Trinajstić information content (AvgIpc) is 2.84. The molecule has 3 atom stereocenters. The predicted octanol–water partition coefficient (Wildman–Crippen LogP) is -0.285. The summed E-state index contributed by atoms with van der Waals surface area (Å²) in [5.41, 5.74) is 0. The summed E-state index contributed by atoms with van der Waals surface area (Å²) in [6.45, 7) is 1.25. The summed E-state index contributed by atoms with van der Waals surface area (Å²) in [7, 11) is 1.34. The largest absolute Gasteiger partial charge is 0.452 e. The van der Waals surface area contributed by atoms with Gasteiger partial charge in [-0.2, -0.15) is 0 Å². The van der Waals surface area contributed by atoms with Gasteiger partial charge in [-0.15, -0.1) is 0 Å². The number of ether oxygens (including phenoxy) is 1. The maximum Gasteiger partial charge on any atom is 0.321 e. The highest BCUT2D eigenvalue weighted by molar-refractivity contribution is 6.05. The number of hydrogen-bond donors (Lipinski definition) is 2. The summed E-state index contributed by atoms with van der Waals surface area (Å²) < 4.78 is 4.91. The van der Waals surface area contributed by atoms with Gasteiger partial charge in [-0.1, -0.05) is 12.2 Å². The van der Waals surface area contributed by atoms with Crippen LogP contribution >= 0.6 is 0 Å². The number of rotatable bonds is 5. The molecule has 1 saturated heterocycles. The molecule has 0 saturated carbocycles. The third-order valence-corrected chi connectivity index (χ3v) is 4.28. The molecular weight excluding hydrogens is 330 g/mol. The Balaban J connectivity index is 1.82. The number of nitrogens with zero attached hydrogens (tertiary/aromatic N) is 1. The number of fused-ring (bicyclic) bond motifs is 1. The Hall–Kier alpha value is -2.71. The van der Waals surface area contributed by atoms with E-state index in [0.29, 0.717) is 12.8 Å². The molecule has 0 unspecified atom stereocenters. The van der Waals surface area contributed by atoms with Crippen molar-refractivity contribution in [1.82, 2.24) is 15.5 Å². The molecule has 0 spiro atoms. The predicted molar refractivity (Wildman–Crippen MR) is 84.8 cm³/mol. The van der Waals surface area contributed by atoms with E-state index in [2.05, 4.69) is 5.32 Å². The second-order valence-corrected chi connectivity index (χ2v) is 5.93. The first-order valence-electron chi connectivity index (χ1n) is 8.07. The highest BCUT2D eigenvalue weighted by atomic mass is 16.5. The third-order valence-electron chi connectivity index (χ3n) is 4.28. The molecular formula is C16H21N3O6. The number of allylic oxidation sites excluding steroid dienone is 2. The van der Waals surface area contributed by atoms with Crippen LogP contribution < -0.4 is 10.6 Å². The van der Waals surface area contributed by atoms with Crippen LogP contribution in [0.5, 0.6) is 0 Å². The van der Waals surface area contributed by atoms with Gasteiger partial charge < -0.3 is 10.1 Å². The van der Waals surface area contributed by atoms with E-state index in [9.17, 15) is 24.0 Å². The van der Waals surface area contributed by atoms with Crippen LogP contribution in [0.4, 0.5) is 4.79 Å². The Morgan fingerprint density at radius 3 is 2.28 bits per heavy atom. The molecule has 0 aromatic heterocycles. The molecule has 5 amide bonds. The topological polar surface area (TPSA) is 122 Å². The maximum atomic E-state index is 12.3. The molecule has 9 nitrogen and oxygen atoms in total. The summed E-state index contributed by atoms with van der Waals surface area (Å²) in [6.07, 6.45) is 3.47. The number of imide groups is 2. The number of esters is 1. The van der Waals surface area contributed by atoms with Crippen LogP contribution in [0.25, 0.3) is 0 Å². The van der Waals surface area contributed by atoms with Gasteiger partial charge in [0.15, 0.2) is 6.10 Å². The second kappa shape index (κ2) is 7.91. The van der Waals surface area contributed by atoms with Crippen molar-refractivity contribution in [3.63, 3.8) is 0 Å². The molecule has 9 heteroatoms. The first-order chi connectivity index (χ1) is 11.8.